The van der Waals surface area contributed by atoms with Crippen molar-refractivity contribution in [3.63, 3.8) is 0 Å². The van der Waals surface area contributed by atoms with Crippen LogP contribution in [0.25, 0.3) is 11.4 Å². The minimum atomic E-state index is -0.211. The SMILES string of the molecule is O=C(NCc1ccccc1CN1CCCC1)Nc1ccc(-c2n[nH]c(C3CC3)n2)cc1. The van der Waals surface area contributed by atoms with Crippen LogP contribution in [0.3, 0.4) is 0 Å². The lowest BCUT2D eigenvalue weighted by Gasteiger charge is -2.18. The molecule has 31 heavy (non-hydrogen) atoms. The molecule has 2 aliphatic rings. The molecule has 7 nitrogen and oxygen atoms in total. The zero-order chi connectivity index (χ0) is 21.0. The third-order valence-electron chi connectivity index (χ3n) is 6.02. The molecular formula is C24H28N6O. The van der Waals surface area contributed by atoms with Gasteiger partial charge in [0.05, 0.1) is 0 Å². The van der Waals surface area contributed by atoms with Gasteiger partial charge in [-0.15, -0.1) is 0 Å². The molecule has 2 aromatic carbocycles. The molecular weight excluding hydrogens is 388 g/mol. The molecule has 0 bridgehead atoms. The summed E-state index contributed by atoms with van der Waals surface area (Å²) in [7, 11) is 0. The van der Waals surface area contributed by atoms with Crippen LogP contribution in [0.5, 0.6) is 0 Å². The van der Waals surface area contributed by atoms with Crippen molar-refractivity contribution in [2.45, 2.75) is 44.7 Å². The number of hydrogen-bond donors (Lipinski definition) is 3. The first-order chi connectivity index (χ1) is 15.2. The molecule has 3 N–H and O–H groups in total. The highest BCUT2D eigenvalue weighted by atomic mass is 16.2. The summed E-state index contributed by atoms with van der Waals surface area (Å²) in [6, 6.07) is 15.8. The number of rotatable bonds is 7. The quantitative estimate of drug-likeness (QED) is 0.537. The molecule has 1 saturated carbocycles. The average Bonchev–Trinajstić information content (AvgIpc) is 3.29. The zero-order valence-corrected chi connectivity index (χ0v) is 17.6. The molecule has 5 rings (SSSR count). The van der Waals surface area contributed by atoms with Gasteiger partial charge < -0.3 is 10.6 Å². The van der Waals surface area contributed by atoms with Gasteiger partial charge >= 0.3 is 6.03 Å². The van der Waals surface area contributed by atoms with Gasteiger partial charge in [-0.05, 0) is 74.2 Å². The van der Waals surface area contributed by atoms with Gasteiger partial charge in [0.25, 0.3) is 0 Å². The van der Waals surface area contributed by atoms with Crippen molar-refractivity contribution in [2.24, 2.45) is 0 Å². The van der Waals surface area contributed by atoms with Gasteiger partial charge in [0.1, 0.15) is 5.82 Å². The first-order valence-electron chi connectivity index (χ1n) is 11.1. The second-order valence-electron chi connectivity index (χ2n) is 8.46. The maximum atomic E-state index is 12.4. The molecule has 0 atom stereocenters. The highest BCUT2D eigenvalue weighted by Gasteiger charge is 2.27. The molecule has 7 heteroatoms. The van der Waals surface area contributed by atoms with Crippen molar-refractivity contribution in [1.29, 1.82) is 0 Å². The number of H-pyrrole nitrogens is 1. The molecule has 0 spiro atoms. The second-order valence-corrected chi connectivity index (χ2v) is 8.46. The zero-order valence-electron chi connectivity index (χ0n) is 17.6. The van der Waals surface area contributed by atoms with Gasteiger partial charge in [-0.2, -0.15) is 5.10 Å². The molecule has 2 fully saturated rings. The van der Waals surface area contributed by atoms with Gasteiger partial charge in [0.2, 0.25) is 0 Å². The maximum Gasteiger partial charge on any atom is 0.319 e. The van der Waals surface area contributed by atoms with E-state index in [2.05, 4.69) is 48.9 Å². The topological polar surface area (TPSA) is 85.9 Å². The van der Waals surface area contributed by atoms with Gasteiger partial charge in [-0.1, -0.05) is 24.3 Å². The standard InChI is InChI=1S/C24H28N6O/c31-24(25-15-19-5-1-2-6-20(19)16-30-13-3-4-14-30)26-21-11-9-18(10-12-21)23-27-22(28-29-23)17-7-8-17/h1-2,5-6,9-12,17H,3-4,7-8,13-16H2,(H2,25,26,31)(H,27,28,29). The molecule has 0 unspecified atom stereocenters. The Morgan fingerprint density at radius 2 is 1.77 bits per heavy atom. The van der Waals surface area contributed by atoms with Crippen molar-refractivity contribution in [3.8, 4) is 11.4 Å². The van der Waals surface area contributed by atoms with E-state index in [9.17, 15) is 4.79 Å². The predicted molar refractivity (Wildman–Crippen MR) is 121 cm³/mol. The van der Waals surface area contributed by atoms with Crippen molar-refractivity contribution in [2.75, 3.05) is 18.4 Å². The molecule has 2 heterocycles. The monoisotopic (exact) mass is 416 g/mol. The number of nitrogens with zero attached hydrogens (tertiary/aromatic N) is 3. The van der Waals surface area contributed by atoms with E-state index in [1.54, 1.807) is 0 Å². The Kier molecular flexibility index (Phi) is 5.67. The number of amides is 2. The number of anilines is 1. The summed E-state index contributed by atoms with van der Waals surface area (Å²) in [5, 5.41) is 13.2. The lowest BCUT2D eigenvalue weighted by molar-refractivity contribution is 0.251. The molecule has 1 aliphatic heterocycles. The van der Waals surface area contributed by atoms with Crippen LogP contribution < -0.4 is 10.6 Å². The van der Waals surface area contributed by atoms with Crippen molar-refractivity contribution in [3.05, 3.63) is 65.5 Å². The minimum absolute atomic E-state index is 0.211. The number of nitrogens with one attached hydrogen (secondary N) is 3. The summed E-state index contributed by atoms with van der Waals surface area (Å²) in [5.74, 6) is 2.22. The Labute approximate surface area is 182 Å². The highest BCUT2D eigenvalue weighted by molar-refractivity contribution is 5.89. The smallest absolute Gasteiger partial charge is 0.319 e. The van der Waals surface area contributed by atoms with Crippen LogP contribution in [0.1, 0.15) is 48.6 Å². The summed E-state index contributed by atoms with van der Waals surface area (Å²) in [6.45, 7) is 3.78. The lowest BCUT2D eigenvalue weighted by Crippen LogP contribution is -2.29. The average molecular weight is 417 g/mol. The number of hydrogen-bond acceptors (Lipinski definition) is 4. The van der Waals surface area contributed by atoms with Crippen molar-refractivity contribution in [1.82, 2.24) is 25.4 Å². The Balaban J connectivity index is 1.15. The number of aromatic nitrogens is 3. The van der Waals surface area contributed by atoms with Crippen molar-refractivity contribution >= 4 is 11.7 Å². The third kappa shape index (κ3) is 4.94. The molecule has 2 amide bonds. The molecule has 3 aromatic rings. The fourth-order valence-electron chi connectivity index (χ4n) is 4.06. The molecule has 1 aromatic heterocycles. The molecule has 160 valence electrons. The van der Waals surface area contributed by atoms with Crippen LogP contribution in [0.2, 0.25) is 0 Å². The fourth-order valence-corrected chi connectivity index (χ4v) is 4.06. The maximum absolute atomic E-state index is 12.4. The second kappa shape index (κ2) is 8.89. The van der Waals surface area contributed by atoms with Crippen LogP contribution in [0, 0.1) is 0 Å². The number of carbonyl (C=O) groups is 1. The van der Waals surface area contributed by atoms with E-state index in [1.165, 1.54) is 31.2 Å². The number of urea groups is 1. The molecule has 1 aliphatic carbocycles. The predicted octanol–water partition coefficient (Wildman–Crippen LogP) is 4.27. The Morgan fingerprint density at radius 1 is 1.03 bits per heavy atom. The summed E-state index contributed by atoms with van der Waals surface area (Å²) in [6.07, 6.45) is 4.93. The summed E-state index contributed by atoms with van der Waals surface area (Å²) in [5.41, 5.74) is 4.12. The van der Waals surface area contributed by atoms with E-state index in [0.717, 1.165) is 42.3 Å². The third-order valence-corrected chi connectivity index (χ3v) is 6.02. The van der Waals surface area contributed by atoms with E-state index >= 15 is 0 Å². The van der Waals surface area contributed by atoms with Crippen LogP contribution in [-0.4, -0.2) is 39.2 Å². The Morgan fingerprint density at radius 3 is 2.52 bits per heavy atom. The van der Waals surface area contributed by atoms with Crippen LogP contribution >= 0.6 is 0 Å². The number of aromatic amines is 1. The summed E-state index contributed by atoms with van der Waals surface area (Å²) in [4.78, 5) is 19.5. The number of benzene rings is 2. The first kappa shape index (κ1) is 19.8. The van der Waals surface area contributed by atoms with E-state index < -0.39 is 0 Å². The summed E-state index contributed by atoms with van der Waals surface area (Å²) < 4.78 is 0. The number of carbonyl (C=O) groups excluding carboxylic acids is 1. The van der Waals surface area contributed by atoms with Gasteiger partial charge in [-0.3, -0.25) is 10.00 Å². The normalized spacial score (nSPS) is 16.4. The first-order valence-corrected chi connectivity index (χ1v) is 11.1. The van der Waals surface area contributed by atoms with E-state index in [-0.39, 0.29) is 6.03 Å². The van der Waals surface area contributed by atoms with E-state index in [1.807, 2.05) is 30.3 Å². The lowest BCUT2D eigenvalue weighted by atomic mass is 10.1. The molecule has 0 radical (unpaired) electrons. The van der Waals surface area contributed by atoms with Crippen LogP contribution in [0.4, 0.5) is 10.5 Å². The highest BCUT2D eigenvalue weighted by Crippen LogP contribution is 2.38. The largest absolute Gasteiger partial charge is 0.334 e. The van der Waals surface area contributed by atoms with Crippen molar-refractivity contribution < 1.29 is 4.79 Å². The number of likely N-dealkylation sites (tertiary alicyclic amines) is 1. The Bertz CT molecular complexity index is 1030. The fraction of sp³-hybridized carbons (Fsp3) is 0.375. The summed E-state index contributed by atoms with van der Waals surface area (Å²) >= 11 is 0. The minimum Gasteiger partial charge on any atom is -0.334 e. The molecule has 1 saturated heterocycles. The van der Waals surface area contributed by atoms with Gasteiger partial charge in [0.15, 0.2) is 5.82 Å². The van der Waals surface area contributed by atoms with Gasteiger partial charge in [-0.25, -0.2) is 9.78 Å². The van der Waals surface area contributed by atoms with E-state index in [4.69, 9.17) is 0 Å². The van der Waals surface area contributed by atoms with Gasteiger partial charge in [0, 0.05) is 30.3 Å². The Hall–Kier alpha value is -3.19. The van der Waals surface area contributed by atoms with Crippen LogP contribution in [-0.2, 0) is 13.1 Å². The van der Waals surface area contributed by atoms with Crippen LogP contribution in [0.15, 0.2) is 48.5 Å². The van der Waals surface area contributed by atoms with E-state index in [0.29, 0.717) is 18.3 Å².